The molecule has 0 atom stereocenters. The average molecular weight is 199 g/mol. The van der Waals surface area contributed by atoms with E-state index in [1.54, 1.807) is 19.1 Å². The fourth-order valence-corrected chi connectivity index (χ4v) is 1.81. The maximum absolute atomic E-state index is 11.5. The first kappa shape index (κ1) is 10.1. The molecule has 1 N–H and O–H groups in total. The summed E-state index contributed by atoms with van der Waals surface area (Å²) in [4.78, 5) is 16.4. The molecule has 1 amide bonds. The Labute approximate surface area is 81.6 Å². The van der Waals surface area contributed by atoms with Gasteiger partial charge in [0.25, 0.3) is 5.91 Å². The van der Waals surface area contributed by atoms with Crippen LogP contribution in [0.5, 0.6) is 0 Å². The number of nitrogens with one attached hydrogen (secondary N) is 1. The Balaban J connectivity index is 2.82. The second-order valence-electron chi connectivity index (χ2n) is 2.98. The summed E-state index contributed by atoms with van der Waals surface area (Å²) in [5, 5.41) is 2.54. The summed E-state index contributed by atoms with van der Waals surface area (Å²) in [5.74, 6) is -0.0897. The Kier molecular flexibility index (Phi) is 3.00. The molecule has 0 radical (unpaired) electrons. The molecular weight excluding hydrogens is 186 g/mol. The molecule has 4 nitrogen and oxygen atoms in total. The Hall–Kier alpha value is -0.940. The standard InChI is InChI=1S/C8H13N3OS/c1-5-7(13-6(2)9-5)8(12)10-11(3)4/h1-4H3,(H,10,12). The molecule has 0 aliphatic heterocycles. The first-order chi connectivity index (χ1) is 6.00. The molecule has 1 rings (SSSR count). The van der Waals surface area contributed by atoms with E-state index in [-0.39, 0.29) is 5.91 Å². The van der Waals surface area contributed by atoms with Crippen LogP contribution in [0.1, 0.15) is 20.4 Å². The number of carbonyl (C=O) groups excluding carboxylic acids is 1. The number of aromatic nitrogens is 1. The van der Waals surface area contributed by atoms with Crippen molar-refractivity contribution in [2.24, 2.45) is 0 Å². The SMILES string of the molecule is Cc1nc(C)c(C(=O)NN(C)C)s1. The second-order valence-corrected chi connectivity index (χ2v) is 4.19. The highest BCUT2D eigenvalue weighted by atomic mass is 32.1. The van der Waals surface area contributed by atoms with Crippen LogP contribution in [-0.4, -0.2) is 30.0 Å². The van der Waals surface area contributed by atoms with E-state index in [9.17, 15) is 4.79 Å². The maximum atomic E-state index is 11.5. The van der Waals surface area contributed by atoms with Gasteiger partial charge in [0, 0.05) is 14.1 Å². The number of nitrogens with zero attached hydrogens (tertiary/aromatic N) is 2. The van der Waals surface area contributed by atoms with Crippen LogP contribution < -0.4 is 5.43 Å². The third-order valence-corrected chi connectivity index (χ3v) is 2.51. The van der Waals surface area contributed by atoms with E-state index < -0.39 is 0 Å². The Morgan fingerprint density at radius 3 is 2.46 bits per heavy atom. The van der Waals surface area contributed by atoms with Crippen LogP contribution >= 0.6 is 11.3 Å². The van der Waals surface area contributed by atoms with Crippen molar-refractivity contribution < 1.29 is 4.79 Å². The van der Waals surface area contributed by atoms with E-state index in [1.165, 1.54) is 11.3 Å². The average Bonchev–Trinajstić information content (AvgIpc) is 2.28. The van der Waals surface area contributed by atoms with Gasteiger partial charge < -0.3 is 0 Å². The molecule has 5 heteroatoms. The Morgan fingerprint density at radius 1 is 1.46 bits per heavy atom. The lowest BCUT2D eigenvalue weighted by atomic mass is 10.4. The molecule has 0 saturated heterocycles. The molecule has 0 fully saturated rings. The molecular formula is C8H13N3OS. The summed E-state index contributed by atoms with van der Waals surface area (Å²) in [5.41, 5.74) is 3.47. The minimum Gasteiger partial charge on any atom is -0.285 e. The van der Waals surface area contributed by atoms with Crippen molar-refractivity contribution in [3.8, 4) is 0 Å². The van der Waals surface area contributed by atoms with Gasteiger partial charge in [-0.3, -0.25) is 10.2 Å². The lowest BCUT2D eigenvalue weighted by Crippen LogP contribution is -2.35. The van der Waals surface area contributed by atoms with Crippen molar-refractivity contribution in [2.45, 2.75) is 13.8 Å². The van der Waals surface area contributed by atoms with Crippen LogP contribution in [0.25, 0.3) is 0 Å². The quantitative estimate of drug-likeness (QED) is 0.722. The van der Waals surface area contributed by atoms with Crippen LogP contribution in [0.4, 0.5) is 0 Å². The predicted molar refractivity (Wildman–Crippen MR) is 52.7 cm³/mol. The summed E-state index contributed by atoms with van der Waals surface area (Å²) in [6.07, 6.45) is 0. The third-order valence-electron chi connectivity index (χ3n) is 1.43. The van der Waals surface area contributed by atoms with Crippen molar-refractivity contribution in [1.82, 2.24) is 15.4 Å². The van der Waals surface area contributed by atoms with Crippen molar-refractivity contribution in [1.29, 1.82) is 0 Å². The zero-order chi connectivity index (χ0) is 10.0. The first-order valence-corrected chi connectivity index (χ1v) is 4.74. The van der Waals surface area contributed by atoms with Crippen molar-refractivity contribution in [3.63, 3.8) is 0 Å². The molecule has 0 spiro atoms. The molecule has 0 saturated carbocycles. The van der Waals surface area contributed by atoms with Gasteiger partial charge in [0.2, 0.25) is 0 Å². The molecule has 1 heterocycles. The number of carbonyl (C=O) groups is 1. The maximum Gasteiger partial charge on any atom is 0.277 e. The summed E-state index contributed by atoms with van der Waals surface area (Å²) in [6, 6.07) is 0. The van der Waals surface area contributed by atoms with Gasteiger partial charge in [-0.25, -0.2) is 9.99 Å². The van der Waals surface area contributed by atoms with Gasteiger partial charge in [0.1, 0.15) is 4.88 Å². The zero-order valence-corrected chi connectivity index (χ0v) is 9.03. The van der Waals surface area contributed by atoms with E-state index in [0.29, 0.717) is 4.88 Å². The molecule has 1 aromatic heterocycles. The summed E-state index contributed by atoms with van der Waals surface area (Å²) in [7, 11) is 3.56. The number of rotatable bonds is 2. The topological polar surface area (TPSA) is 45.2 Å². The van der Waals surface area contributed by atoms with Crippen molar-refractivity contribution in [2.75, 3.05) is 14.1 Å². The number of hydrazine groups is 1. The van der Waals surface area contributed by atoms with E-state index in [1.807, 2.05) is 13.8 Å². The highest BCUT2D eigenvalue weighted by Gasteiger charge is 2.13. The molecule has 1 aromatic rings. The largest absolute Gasteiger partial charge is 0.285 e. The highest BCUT2D eigenvalue weighted by molar-refractivity contribution is 7.13. The Bertz CT molecular complexity index is 319. The molecule has 13 heavy (non-hydrogen) atoms. The lowest BCUT2D eigenvalue weighted by Gasteiger charge is -2.10. The monoisotopic (exact) mass is 199 g/mol. The van der Waals surface area contributed by atoms with Gasteiger partial charge in [0.05, 0.1) is 10.7 Å². The van der Waals surface area contributed by atoms with E-state index in [2.05, 4.69) is 10.4 Å². The van der Waals surface area contributed by atoms with Gasteiger partial charge in [-0.05, 0) is 13.8 Å². The number of amides is 1. The number of hydrogen-bond donors (Lipinski definition) is 1. The zero-order valence-electron chi connectivity index (χ0n) is 8.21. The molecule has 0 unspecified atom stereocenters. The van der Waals surface area contributed by atoms with Crippen LogP contribution in [0.15, 0.2) is 0 Å². The summed E-state index contributed by atoms with van der Waals surface area (Å²) in [6.45, 7) is 3.73. The molecule has 0 aliphatic carbocycles. The predicted octanol–water partition coefficient (Wildman–Crippen LogP) is 0.966. The van der Waals surface area contributed by atoms with Gasteiger partial charge in [-0.15, -0.1) is 11.3 Å². The van der Waals surface area contributed by atoms with Crippen LogP contribution in [0.2, 0.25) is 0 Å². The summed E-state index contributed by atoms with van der Waals surface area (Å²) < 4.78 is 0. The normalized spacial score (nSPS) is 10.5. The van der Waals surface area contributed by atoms with Crippen LogP contribution in [0, 0.1) is 13.8 Å². The minimum absolute atomic E-state index is 0.0897. The highest BCUT2D eigenvalue weighted by Crippen LogP contribution is 2.16. The number of hydrogen-bond acceptors (Lipinski definition) is 4. The minimum atomic E-state index is -0.0897. The van der Waals surface area contributed by atoms with E-state index in [4.69, 9.17) is 0 Å². The van der Waals surface area contributed by atoms with Gasteiger partial charge in [-0.1, -0.05) is 0 Å². The fourth-order valence-electron chi connectivity index (χ4n) is 0.996. The smallest absolute Gasteiger partial charge is 0.277 e. The van der Waals surface area contributed by atoms with Gasteiger partial charge in [-0.2, -0.15) is 0 Å². The van der Waals surface area contributed by atoms with Crippen molar-refractivity contribution >= 4 is 17.2 Å². The van der Waals surface area contributed by atoms with Crippen LogP contribution in [-0.2, 0) is 0 Å². The number of aryl methyl sites for hydroxylation is 2. The Morgan fingerprint density at radius 2 is 2.08 bits per heavy atom. The van der Waals surface area contributed by atoms with Crippen molar-refractivity contribution in [3.05, 3.63) is 15.6 Å². The van der Waals surface area contributed by atoms with Gasteiger partial charge >= 0.3 is 0 Å². The summed E-state index contributed by atoms with van der Waals surface area (Å²) >= 11 is 1.41. The van der Waals surface area contributed by atoms with Crippen LogP contribution in [0.3, 0.4) is 0 Å². The van der Waals surface area contributed by atoms with E-state index in [0.717, 1.165) is 10.7 Å². The van der Waals surface area contributed by atoms with Gasteiger partial charge in [0.15, 0.2) is 0 Å². The number of thiazole rings is 1. The lowest BCUT2D eigenvalue weighted by molar-refractivity contribution is 0.0860. The molecule has 0 aromatic carbocycles. The molecule has 0 bridgehead atoms. The molecule has 0 aliphatic rings. The van der Waals surface area contributed by atoms with E-state index >= 15 is 0 Å². The molecule has 72 valence electrons. The fraction of sp³-hybridized carbons (Fsp3) is 0.500. The third kappa shape index (κ3) is 2.50. The first-order valence-electron chi connectivity index (χ1n) is 3.93. The second kappa shape index (κ2) is 3.85.